The lowest BCUT2D eigenvalue weighted by Gasteiger charge is -2.22. The van der Waals surface area contributed by atoms with E-state index in [9.17, 15) is 9.59 Å². The molecule has 1 atom stereocenters. The van der Waals surface area contributed by atoms with Gasteiger partial charge in [-0.2, -0.15) is 0 Å². The van der Waals surface area contributed by atoms with Crippen LogP contribution in [-0.4, -0.2) is 32.3 Å². The Kier molecular flexibility index (Phi) is 9.12. The van der Waals surface area contributed by atoms with E-state index in [1.165, 1.54) is 17.8 Å². The fourth-order valence-corrected chi connectivity index (χ4v) is 4.62. The molecule has 34 heavy (non-hydrogen) atoms. The normalized spacial score (nSPS) is 12.0. The number of nitrogens with zero attached hydrogens (tertiary/aromatic N) is 3. The van der Waals surface area contributed by atoms with Crippen molar-refractivity contribution in [3.63, 3.8) is 0 Å². The van der Waals surface area contributed by atoms with E-state index < -0.39 is 6.04 Å². The van der Waals surface area contributed by atoms with Gasteiger partial charge in [0.05, 0.1) is 38.1 Å². The molecule has 0 fully saturated rings. The highest BCUT2D eigenvalue weighted by Crippen LogP contribution is 2.30. The van der Waals surface area contributed by atoms with Crippen LogP contribution in [0.4, 0.5) is 5.69 Å². The average Bonchev–Trinajstić information content (AvgIpc) is 3.13. The molecule has 2 aromatic carbocycles. The first-order valence-corrected chi connectivity index (χ1v) is 12.6. The molecule has 0 radical (unpaired) electrons. The zero-order chi connectivity index (χ0) is 25.0. The van der Waals surface area contributed by atoms with Crippen LogP contribution < -0.4 is 10.6 Å². The minimum Gasteiger partial charge on any atom is -0.342 e. The van der Waals surface area contributed by atoms with Crippen molar-refractivity contribution in [2.24, 2.45) is 13.0 Å². The monoisotopic (exact) mass is 559 g/mol. The van der Waals surface area contributed by atoms with Gasteiger partial charge in [-0.15, -0.1) is 10.2 Å². The van der Waals surface area contributed by atoms with Crippen molar-refractivity contribution in [3.05, 3.63) is 67.9 Å². The van der Waals surface area contributed by atoms with E-state index in [-0.39, 0.29) is 33.5 Å². The summed E-state index contributed by atoms with van der Waals surface area (Å²) in [6, 6.07) is 9.25. The molecule has 0 saturated carbocycles. The van der Waals surface area contributed by atoms with Gasteiger partial charge in [0.15, 0.2) is 11.0 Å². The van der Waals surface area contributed by atoms with Crippen LogP contribution in [0, 0.1) is 5.92 Å². The lowest BCUT2D eigenvalue weighted by atomic mass is 10.0. The molecule has 7 nitrogen and oxygen atoms in total. The summed E-state index contributed by atoms with van der Waals surface area (Å²) in [6.45, 7) is 3.91. The summed E-state index contributed by atoms with van der Waals surface area (Å²) in [5.41, 5.74) is 0.742. The van der Waals surface area contributed by atoms with Crippen LogP contribution in [0.1, 0.15) is 36.1 Å². The molecule has 0 spiro atoms. The molecule has 2 N–H and O–H groups in total. The molecular weight excluding hydrogens is 540 g/mol. The fourth-order valence-electron chi connectivity index (χ4n) is 3.06. The van der Waals surface area contributed by atoms with Gasteiger partial charge in [0.2, 0.25) is 5.91 Å². The molecule has 0 aliphatic rings. The van der Waals surface area contributed by atoms with Crippen molar-refractivity contribution in [2.45, 2.75) is 25.0 Å². The maximum atomic E-state index is 12.8. The number of hydrogen-bond acceptors (Lipinski definition) is 5. The molecule has 0 saturated heterocycles. The third-order valence-electron chi connectivity index (χ3n) is 4.83. The Balaban J connectivity index is 1.69. The lowest BCUT2D eigenvalue weighted by molar-refractivity contribution is -0.113. The highest BCUT2D eigenvalue weighted by molar-refractivity contribution is 7.99. The van der Waals surface area contributed by atoms with Gasteiger partial charge in [-0.25, -0.2) is 0 Å². The fraction of sp³-hybridized carbons (Fsp3) is 0.273. The smallest absolute Gasteiger partial charge is 0.253 e. The van der Waals surface area contributed by atoms with E-state index >= 15 is 0 Å². The van der Waals surface area contributed by atoms with Gasteiger partial charge in [-0.05, 0) is 36.2 Å². The van der Waals surface area contributed by atoms with Crippen molar-refractivity contribution in [1.29, 1.82) is 0 Å². The first kappa shape index (κ1) is 26.6. The predicted molar refractivity (Wildman–Crippen MR) is 138 cm³/mol. The number of amides is 2. The number of aromatic nitrogens is 3. The molecule has 0 bridgehead atoms. The number of nitrogens with one attached hydrogen (secondary N) is 2. The molecule has 2 amide bonds. The summed E-state index contributed by atoms with van der Waals surface area (Å²) in [5.74, 6) is 0.00639. The number of anilines is 1. The molecule has 0 unspecified atom stereocenters. The zero-order valence-corrected chi connectivity index (χ0v) is 22.2. The minimum atomic E-state index is -0.440. The SMILES string of the molecule is CC(C)[C@H](NC(=O)c1ccc(Cl)cc1Cl)c1nnc(SCC(=O)Nc2cccc(Cl)c2Cl)n1C. The second-order valence-electron chi connectivity index (χ2n) is 7.66. The number of benzene rings is 2. The standard InChI is InChI=1S/C22H21Cl4N5O2S/c1-11(2)19(28-21(33)13-8-7-12(23)9-15(13)25)20-29-30-22(31(20)3)34-10-17(32)27-16-6-4-5-14(24)18(16)26/h4-9,11,19H,10H2,1-3H3,(H,27,32)(H,28,33)/t19-/m0/s1. The summed E-state index contributed by atoms with van der Waals surface area (Å²) in [4.78, 5) is 25.2. The second-order valence-corrected chi connectivity index (χ2v) is 10.2. The van der Waals surface area contributed by atoms with Gasteiger partial charge in [0.25, 0.3) is 5.91 Å². The van der Waals surface area contributed by atoms with E-state index in [2.05, 4.69) is 20.8 Å². The number of hydrogen-bond donors (Lipinski definition) is 2. The third kappa shape index (κ3) is 6.37. The maximum Gasteiger partial charge on any atom is 0.253 e. The van der Waals surface area contributed by atoms with E-state index in [1.54, 1.807) is 41.9 Å². The molecule has 3 rings (SSSR count). The first-order valence-electron chi connectivity index (χ1n) is 10.1. The number of thioether (sulfide) groups is 1. The molecular formula is C22H21Cl4N5O2S. The number of carbonyl (C=O) groups excluding carboxylic acids is 2. The molecule has 1 aromatic heterocycles. The average molecular weight is 561 g/mol. The van der Waals surface area contributed by atoms with Crippen LogP contribution >= 0.6 is 58.2 Å². The summed E-state index contributed by atoms with van der Waals surface area (Å²) in [5, 5.41) is 16.0. The maximum absolute atomic E-state index is 12.8. The van der Waals surface area contributed by atoms with Gasteiger partial charge >= 0.3 is 0 Å². The van der Waals surface area contributed by atoms with Crippen molar-refractivity contribution >= 4 is 75.7 Å². The van der Waals surface area contributed by atoms with Gasteiger partial charge in [-0.1, -0.05) is 78.1 Å². The van der Waals surface area contributed by atoms with E-state index in [4.69, 9.17) is 46.4 Å². The summed E-state index contributed by atoms with van der Waals surface area (Å²) < 4.78 is 1.75. The number of carbonyl (C=O) groups is 2. The van der Waals surface area contributed by atoms with Gasteiger partial charge in [0.1, 0.15) is 0 Å². The topological polar surface area (TPSA) is 88.9 Å². The Morgan fingerprint density at radius 3 is 2.47 bits per heavy atom. The van der Waals surface area contributed by atoms with Crippen molar-refractivity contribution in [2.75, 3.05) is 11.1 Å². The zero-order valence-electron chi connectivity index (χ0n) is 18.4. The highest BCUT2D eigenvalue weighted by Gasteiger charge is 2.26. The van der Waals surface area contributed by atoms with E-state index in [0.29, 0.717) is 32.3 Å². The summed E-state index contributed by atoms with van der Waals surface area (Å²) >= 11 is 25.4. The molecule has 180 valence electrons. The van der Waals surface area contributed by atoms with Crippen LogP contribution in [0.2, 0.25) is 20.1 Å². The van der Waals surface area contributed by atoms with Crippen LogP contribution in [-0.2, 0) is 11.8 Å². The predicted octanol–water partition coefficient (Wildman–Crippen LogP) is 6.29. The highest BCUT2D eigenvalue weighted by atomic mass is 35.5. The van der Waals surface area contributed by atoms with Crippen molar-refractivity contribution < 1.29 is 9.59 Å². The van der Waals surface area contributed by atoms with Crippen LogP contribution in [0.15, 0.2) is 41.6 Å². The number of rotatable bonds is 8. The van der Waals surface area contributed by atoms with Crippen LogP contribution in [0.3, 0.4) is 0 Å². The Morgan fingerprint density at radius 1 is 1.06 bits per heavy atom. The Labute approximate surface area is 221 Å². The van der Waals surface area contributed by atoms with Crippen molar-refractivity contribution in [3.8, 4) is 0 Å². The van der Waals surface area contributed by atoms with Gasteiger partial charge in [-0.3, -0.25) is 9.59 Å². The van der Waals surface area contributed by atoms with E-state index in [0.717, 1.165) is 0 Å². The molecule has 0 aliphatic carbocycles. The van der Waals surface area contributed by atoms with Crippen molar-refractivity contribution in [1.82, 2.24) is 20.1 Å². The minimum absolute atomic E-state index is 0.00375. The van der Waals surface area contributed by atoms with Gasteiger partial charge in [0, 0.05) is 12.1 Å². The third-order valence-corrected chi connectivity index (χ3v) is 7.22. The van der Waals surface area contributed by atoms with Crippen LogP contribution in [0.25, 0.3) is 0 Å². The van der Waals surface area contributed by atoms with Gasteiger partial charge < -0.3 is 15.2 Å². The second kappa shape index (κ2) is 11.6. The quantitative estimate of drug-likeness (QED) is 0.316. The lowest BCUT2D eigenvalue weighted by Crippen LogP contribution is -2.33. The Bertz CT molecular complexity index is 1220. The molecule has 1 heterocycles. The van der Waals surface area contributed by atoms with E-state index in [1.807, 2.05) is 13.8 Å². The molecule has 3 aromatic rings. The largest absolute Gasteiger partial charge is 0.342 e. The van der Waals surface area contributed by atoms with Crippen LogP contribution in [0.5, 0.6) is 0 Å². The summed E-state index contributed by atoms with van der Waals surface area (Å²) in [6.07, 6.45) is 0. The Hall–Kier alpha value is -1.97. The summed E-state index contributed by atoms with van der Waals surface area (Å²) in [7, 11) is 1.78. The molecule has 12 heteroatoms. The molecule has 0 aliphatic heterocycles. The Morgan fingerprint density at radius 2 is 1.79 bits per heavy atom. The number of halogens is 4. The first-order chi connectivity index (χ1) is 16.1.